The maximum Gasteiger partial charge on any atom is 0.325 e. The zero-order valence-corrected chi connectivity index (χ0v) is 10.6. The number of urea groups is 1. The average Bonchev–Trinajstić information content (AvgIpc) is 2.70. The minimum Gasteiger partial charge on any atom is -0.341 e. The average molecular weight is 253 g/mol. The van der Waals surface area contributed by atoms with E-state index < -0.39 is 6.03 Å². The van der Waals surface area contributed by atoms with Crippen LogP contribution in [-0.4, -0.2) is 53.8 Å². The molecule has 0 atom stereocenters. The molecule has 0 bridgehead atoms. The molecule has 1 heterocycles. The molecule has 1 N–H and O–H groups in total. The molecular formula is C12H19N3O3. The van der Waals surface area contributed by atoms with Crippen molar-refractivity contribution in [3.05, 3.63) is 0 Å². The predicted molar refractivity (Wildman–Crippen MR) is 64.8 cm³/mol. The predicted octanol–water partition coefficient (Wildman–Crippen LogP) is 0.329. The zero-order chi connectivity index (χ0) is 13.1. The molecule has 6 nitrogen and oxygen atoms in total. The minimum atomic E-state index is -0.467. The molecule has 0 aromatic rings. The Bertz CT molecular complexity index is 348. The van der Waals surface area contributed by atoms with Crippen molar-refractivity contribution in [3.63, 3.8) is 0 Å². The van der Waals surface area contributed by atoms with Crippen molar-refractivity contribution in [2.75, 3.05) is 20.1 Å². The molecular weight excluding hydrogens is 234 g/mol. The summed E-state index contributed by atoms with van der Waals surface area (Å²) in [5, 5.41) is 2.41. The quantitative estimate of drug-likeness (QED) is 0.737. The van der Waals surface area contributed by atoms with Gasteiger partial charge in [0.05, 0.1) is 6.54 Å². The SMILES string of the molecule is CN(C(=O)CN1C(=O)CNC1=O)C1CCCCC1. The lowest BCUT2D eigenvalue weighted by molar-refractivity contribution is -0.137. The molecule has 100 valence electrons. The molecule has 1 saturated carbocycles. The molecule has 0 spiro atoms. The van der Waals surface area contributed by atoms with Gasteiger partial charge in [-0.05, 0) is 12.8 Å². The van der Waals surface area contributed by atoms with Gasteiger partial charge in [-0.15, -0.1) is 0 Å². The summed E-state index contributed by atoms with van der Waals surface area (Å²) in [6.45, 7) is -0.142. The summed E-state index contributed by atoms with van der Waals surface area (Å²) in [6, 6.07) is -0.211. The zero-order valence-electron chi connectivity index (χ0n) is 10.6. The van der Waals surface area contributed by atoms with E-state index >= 15 is 0 Å². The fourth-order valence-corrected chi connectivity index (χ4v) is 2.53. The molecule has 2 rings (SSSR count). The first-order chi connectivity index (χ1) is 8.59. The van der Waals surface area contributed by atoms with Crippen LogP contribution in [0, 0.1) is 0 Å². The van der Waals surface area contributed by atoms with Crippen molar-refractivity contribution in [1.82, 2.24) is 15.1 Å². The third kappa shape index (κ3) is 2.63. The lowest BCUT2D eigenvalue weighted by atomic mass is 9.94. The maximum atomic E-state index is 12.0. The summed E-state index contributed by atoms with van der Waals surface area (Å²) in [6.07, 6.45) is 5.55. The number of amides is 4. The molecule has 0 aromatic carbocycles. The number of carbonyl (C=O) groups excluding carboxylic acids is 3. The first kappa shape index (κ1) is 12.9. The fourth-order valence-electron chi connectivity index (χ4n) is 2.53. The summed E-state index contributed by atoms with van der Waals surface area (Å²) in [5.41, 5.74) is 0. The van der Waals surface area contributed by atoms with Crippen LogP contribution < -0.4 is 5.32 Å². The number of imide groups is 1. The van der Waals surface area contributed by atoms with Gasteiger partial charge < -0.3 is 10.2 Å². The van der Waals surface area contributed by atoms with Crippen LogP contribution in [0.3, 0.4) is 0 Å². The van der Waals surface area contributed by atoms with Gasteiger partial charge in [0.1, 0.15) is 6.54 Å². The standard InChI is InChI=1S/C12H19N3O3/c1-14(9-5-3-2-4-6-9)11(17)8-15-10(16)7-13-12(15)18/h9H,2-8H2,1H3,(H,13,18). The van der Waals surface area contributed by atoms with E-state index in [1.54, 1.807) is 11.9 Å². The normalized spacial score (nSPS) is 21.1. The lowest BCUT2D eigenvalue weighted by Crippen LogP contribution is -2.45. The van der Waals surface area contributed by atoms with Crippen LogP contribution in [0.2, 0.25) is 0 Å². The number of hydrogen-bond acceptors (Lipinski definition) is 3. The summed E-state index contributed by atoms with van der Waals surface area (Å²) < 4.78 is 0. The Morgan fingerprint density at radius 2 is 2.00 bits per heavy atom. The van der Waals surface area contributed by atoms with Crippen LogP contribution in [0.15, 0.2) is 0 Å². The molecule has 1 aliphatic heterocycles. The van der Waals surface area contributed by atoms with E-state index in [-0.39, 0.29) is 30.9 Å². The van der Waals surface area contributed by atoms with E-state index in [0.717, 1.165) is 30.6 Å². The van der Waals surface area contributed by atoms with Gasteiger partial charge in [0.2, 0.25) is 5.91 Å². The second-order valence-electron chi connectivity index (χ2n) is 4.94. The summed E-state index contributed by atoms with van der Waals surface area (Å²) in [5.74, 6) is -0.488. The van der Waals surface area contributed by atoms with Gasteiger partial charge in [0, 0.05) is 13.1 Å². The number of nitrogens with zero attached hydrogens (tertiary/aromatic N) is 2. The Kier molecular flexibility index (Phi) is 3.84. The summed E-state index contributed by atoms with van der Waals surface area (Å²) in [7, 11) is 1.76. The van der Waals surface area contributed by atoms with Crippen molar-refractivity contribution in [3.8, 4) is 0 Å². The lowest BCUT2D eigenvalue weighted by Gasteiger charge is -2.32. The Balaban J connectivity index is 1.90. The van der Waals surface area contributed by atoms with Crippen LogP contribution in [0.25, 0.3) is 0 Å². The largest absolute Gasteiger partial charge is 0.341 e. The van der Waals surface area contributed by atoms with Gasteiger partial charge >= 0.3 is 6.03 Å². The highest BCUT2D eigenvalue weighted by Gasteiger charge is 2.32. The van der Waals surface area contributed by atoms with Crippen LogP contribution in [0.4, 0.5) is 4.79 Å². The maximum absolute atomic E-state index is 12.0. The van der Waals surface area contributed by atoms with Gasteiger partial charge in [-0.2, -0.15) is 0 Å². The van der Waals surface area contributed by atoms with Crippen LogP contribution >= 0.6 is 0 Å². The van der Waals surface area contributed by atoms with E-state index in [0.29, 0.717) is 0 Å². The van der Waals surface area contributed by atoms with Gasteiger partial charge in [-0.3, -0.25) is 14.5 Å². The third-order valence-corrected chi connectivity index (χ3v) is 3.75. The van der Waals surface area contributed by atoms with Gasteiger partial charge in [-0.1, -0.05) is 19.3 Å². The number of carbonyl (C=O) groups is 3. The number of rotatable bonds is 3. The second-order valence-corrected chi connectivity index (χ2v) is 4.94. The molecule has 0 aromatic heterocycles. The Labute approximate surface area is 106 Å². The van der Waals surface area contributed by atoms with E-state index in [1.165, 1.54) is 6.42 Å². The molecule has 6 heteroatoms. The van der Waals surface area contributed by atoms with Gasteiger partial charge in [0.25, 0.3) is 5.91 Å². The number of likely N-dealkylation sites (N-methyl/N-ethyl adjacent to an activating group) is 1. The van der Waals surface area contributed by atoms with Crippen molar-refractivity contribution >= 4 is 17.8 Å². The third-order valence-electron chi connectivity index (χ3n) is 3.75. The molecule has 2 aliphatic rings. The van der Waals surface area contributed by atoms with Crippen LogP contribution in [-0.2, 0) is 9.59 Å². The molecule has 1 saturated heterocycles. The van der Waals surface area contributed by atoms with Crippen molar-refractivity contribution < 1.29 is 14.4 Å². The van der Waals surface area contributed by atoms with Crippen molar-refractivity contribution in [2.45, 2.75) is 38.1 Å². The highest BCUT2D eigenvalue weighted by Crippen LogP contribution is 2.21. The van der Waals surface area contributed by atoms with Gasteiger partial charge in [-0.25, -0.2) is 4.79 Å². The highest BCUT2D eigenvalue weighted by atomic mass is 16.2. The van der Waals surface area contributed by atoms with E-state index in [2.05, 4.69) is 5.32 Å². The smallest absolute Gasteiger partial charge is 0.325 e. The van der Waals surface area contributed by atoms with Gasteiger partial charge in [0.15, 0.2) is 0 Å². The van der Waals surface area contributed by atoms with Crippen molar-refractivity contribution in [2.24, 2.45) is 0 Å². The highest BCUT2D eigenvalue weighted by molar-refractivity contribution is 6.04. The molecule has 1 aliphatic carbocycles. The van der Waals surface area contributed by atoms with Crippen LogP contribution in [0.1, 0.15) is 32.1 Å². The first-order valence-corrected chi connectivity index (χ1v) is 6.43. The topological polar surface area (TPSA) is 69.7 Å². The molecule has 0 unspecified atom stereocenters. The first-order valence-electron chi connectivity index (χ1n) is 6.43. The minimum absolute atomic E-state index is 0.000738. The van der Waals surface area contributed by atoms with Crippen molar-refractivity contribution in [1.29, 1.82) is 0 Å². The van der Waals surface area contributed by atoms with Crippen LogP contribution in [0.5, 0.6) is 0 Å². The number of hydrogen-bond donors (Lipinski definition) is 1. The van der Waals surface area contributed by atoms with E-state index in [1.807, 2.05) is 0 Å². The Hall–Kier alpha value is -1.59. The number of nitrogens with one attached hydrogen (secondary N) is 1. The molecule has 0 radical (unpaired) electrons. The summed E-state index contributed by atoms with van der Waals surface area (Å²) in [4.78, 5) is 37.5. The summed E-state index contributed by atoms with van der Waals surface area (Å²) >= 11 is 0. The van der Waals surface area contributed by atoms with E-state index in [4.69, 9.17) is 0 Å². The molecule has 2 fully saturated rings. The molecule has 4 amide bonds. The Morgan fingerprint density at radius 3 is 2.56 bits per heavy atom. The fraction of sp³-hybridized carbons (Fsp3) is 0.750. The Morgan fingerprint density at radius 1 is 1.33 bits per heavy atom. The second kappa shape index (κ2) is 5.37. The monoisotopic (exact) mass is 253 g/mol. The molecule has 18 heavy (non-hydrogen) atoms. The van der Waals surface area contributed by atoms with E-state index in [9.17, 15) is 14.4 Å².